The number of nitrogens with one attached hydrogen (secondary N) is 1. The van der Waals surface area contributed by atoms with E-state index in [1.165, 1.54) is 10.6 Å². The third-order valence-electron chi connectivity index (χ3n) is 8.82. The first-order valence-electron chi connectivity index (χ1n) is 16.1. The summed E-state index contributed by atoms with van der Waals surface area (Å²) in [4.78, 5) is 25.9. The second-order valence-corrected chi connectivity index (χ2v) is 19.9. The number of nitrogens with zero attached hydrogens (tertiary/aromatic N) is 3. The van der Waals surface area contributed by atoms with Crippen LogP contribution in [0.15, 0.2) is 40.2 Å². The summed E-state index contributed by atoms with van der Waals surface area (Å²) in [6.07, 6.45) is 3.47. The van der Waals surface area contributed by atoms with Gasteiger partial charge >= 0.3 is 19.3 Å². The highest BCUT2D eigenvalue weighted by Gasteiger charge is 2.52. The van der Waals surface area contributed by atoms with Gasteiger partial charge in [-0.1, -0.05) is 25.7 Å². The smallest absolute Gasteiger partial charge is 0.399 e. The average molecular weight is 697 g/mol. The maximum atomic E-state index is 15.3. The summed E-state index contributed by atoms with van der Waals surface area (Å²) in [5.41, 5.74) is -2.70. The van der Waals surface area contributed by atoms with Crippen LogP contribution in [0.4, 0.5) is 23.2 Å². The number of ether oxygens (including phenoxy) is 2. The summed E-state index contributed by atoms with van der Waals surface area (Å²) in [5.74, 6) is -1.71. The second kappa shape index (κ2) is 15.2. The molecule has 2 aromatic heterocycles. The summed E-state index contributed by atoms with van der Waals surface area (Å²) >= 11 is 0. The van der Waals surface area contributed by atoms with Crippen LogP contribution in [-0.4, -0.2) is 66.6 Å². The van der Waals surface area contributed by atoms with E-state index < -0.39 is 61.8 Å². The Morgan fingerprint density at radius 2 is 1.71 bits per heavy atom. The largest absolute Gasteiger partial charge is 0.497 e. The van der Waals surface area contributed by atoms with Crippen molar-refractivity contribution in [3.8, 4) is 0 Å². The Balaban J connectivity index is 1.43. The fourth-order valence-electron chi connectivity index (χ4n) is 5.15. The normalized spacial score (nSPS) is 16.6. The number of rotatable bonds is 16. The predicted molar refractivity (Wildman–Crippen MR) is 180 cm³/mol. The number of aromatic nitrogens is 3. The van der Waals surface area contributed by atoms with Gasteiger partial charge < -0.3 is 28.7 Å². The van der Waals surface area contributed by atoms with E-state index in [-0.39, 0.29) is 42.8 Å². The number of hydrogen-bond acceptors (Lipinski definition) is 8. The summed E-state index contributed by atoms with van der Waals surface area (Å²) in [6, 6.07) is 4.70. The molecule has 1 N–H and O–H groups in total. The topological polar surface area (TPSA) is 106 Å². The Labute approximate surface area is 278 Å². The van der Waals surface area contributed by atoms with Crippen LogP contribution in [-0.2, 0) is 32.1 Å². The van der Waals surface area contributed by atoms with Crippen LogP contribution < -0.4 is 21.9 Å². The van der Waals surface area contributed by atoms with Crippen LogP contribution in [0.2, 0.25) is 25.7 Å². The van der Waals surface area contributed by atoms with Crippen molar-refractivity contribution in [2.45, 2.75) is 110 Å². The number of aryl methyl sites for hydroxylation is 1. The Morgan fingerprint density at radius 3 is 2.35 bits per heavy atom. The van der Waals surface area contributed by atoms with Crippen LogP contribution in [0.25, 0.3) is 10.8 Å². The zero-order valence-electron chi connectivity index (χ0n) is 28.6. The van der Waals surface area contributed by atoms with Gasteiger partial charge in [-0.05, 0) is 70.5 Å². The van der Waals surface area contributed by atoms with E-state index in [0.29, 0.717) is 24.8 Å². The number of anilines is 1. The molecule has 4 rings (SSSR count). The molecule has 0 radical (unpaired) electrons. The molecule has 0 unspecified atom stereocenters. The van der Waals surface area contributed by atoms with Gasteiger partial charge in [-0.3, -0.25) is 9.59 Å². The molecule has 0 bridgehead atoms. The quantitative estimate of drug-likeness (QED) is 0.122. The third-order valence-corrected chi connectivity index (χ3v) is 10.5. The molecule has 1 atom stereocenters. The summed E-state index contributed by atoms with van der Waals surface area (Å²) in [7, 11) is -2.28. The molecule has 0 saturated carbocycles. The van der Waals surface area contributed by atoms with Gasteiger partial charge in [0.15, 0.2) is 0 Å². The SMILES string of the molecule is CC1(C)OB(c2cc3ccn(CCC[C@H](CCOC(F)F)Nc4cnn(COCC[Si](C)(C)C)c(=O)c4F)c(=O)c3cc2F)OC1(C)C. The van der Waals surface area contributed by atoms with Crippen molar-refractivity contribution >= 4 is 37.1 Å². The number of benzene rings is 1. The van der Waals surface area contributed by atoms with Crippen molar-refractivity contribution in [3.05, 3.63) is 62.9 Å². The lowest BCUT2D eigenvalue weighted by molar-refractivity contribution is -0.129. The Hall–Kier alpha value is -3.05. The highest BCUT2D eigenvalue weighted by molar-refractivity contribution is 6.76. The highest BCUT2D eigenvalue weighted by atomic mass is 28.3. The van der Waals surface area contributed by atoms with E-state index >= 15 is 8.78 Å². The molecule has 1 fully saturated rings. The van der Waals surface area contributed by atoms with Crippen molar-refractivity contribution in [3.63, 3.8) is 0 Å². The molecule has 0 spiro atoms. The van der Waals surface area contributed by atoms with Gasteiger partial charge in [0.25, 0.3) is 5.56 Å². The van der Waals surface area contributed by atoms with E-state index in [2.05, 4.69) is 34.8 Å². The van der Waals surface area contributed by atoms with Gasteiger partial charge in [-0.2, -0.15) is 18.3 Å². The molecule has 3 aromatic rings. The molecule has 10 nitrogen and oxygen atoms in total. The molecule has 0 amide bonds. The first-order chi connectivity index (χ1) is 22.4. The van der Waals surface area contributed by atoms with Gasteiger partial charge in [0.2, 0.25) is 5.82 Å². The van der Waals surface area contributed by atoms with Crippen LogP contribution in [0.3, 0.4) is 0 Å². The zero-order chi connectivity index (χ0) is 35.4. The van der Waals surface area contributed by atoms with Gasteiger partial charge in [0.1, 0.15) is 12.5 Å². The zero-order valence-corrected chi connectivity index (χ0v) is 29.6. The minimum Gasteiger partial charge on any atom is -0.399 e. The second-order valence-electron chi connectivity index (χ2n) is 14.3. The molecule has 0 aliphatic carbocycles. The summed E-state index contributed by atoms with van der Waals surface area (Å²) in [6.45, 7) is 11.2. The van der Waals surface area contributed by atoms with E-state index in [1.807, 2.05) is 27.7 Å². The standard InChI is InChI=1S/C32H45BF4N4O6Si/c1-31(2)32(3,4)47-33(46-31)24-17-21-10-13-40(28(42)23(21)18-25(24)34)12-8-9-22(11-14-45-30(36)37)39-26-19-38-41(29(43)27(26)35)20-44-15-16-48(5,6)7/h10,13,17-19,22,30,39H,8-9,11-12,14-16,20H2,1-7H3/t22-/m1/s1. The Bertz CT molecular complexity index is 1680. The van der Waals surface area contributed by atoms with Gasteiger partial charge in [0.05, 0.1) is 35.1 Å². The molecular formula is C32H45BF4N4O6Si. The molecule has 264 valence electrons. The number of pyridine rings is 1. The molecule has 1 aliphatic heterocycles. The maximum absolute atomic E-state index is 15.3. The lowest BCUT2D eigenvalue weighted by atomic mass is 9.78. The van der Waals surface area contributed by atoms with Crippen LogP contribution in [0, 0.1) is 11.6 Å². The van der Waals surface area contributed by atoms with Crippen molar-refractivity contribution in [1.29, 1.82) is 0 Å². The molecule has 3 heterocycles. The Morgan fingerprint density at radius 1 is 1.02 bits per heavy atom. The van der Waals surface area contributed by atoms with Crippen LogP contribution in [0.5, 0.6) is 0 Å². The highest BCUT2D eigenvalue weighted by Crippen LogP contribution is 2.36. The summed E-state index contributed by atoms with van der Waals surface area (Å²) < 4.78 is 79.9. The number of hydrogen-bond donors (Lipinski definition) is 1. The summed E-state index contributed by atoms with van der Waals surface area (Å²) in [5, 5.41) is 7.58. The molecule has 48 heavy (non-hydrogen) atoms. The fourth-order valence-corrected chi connectivity index (χ4v) is 5.91. The molecule has 16 heteroatoms. The van der Waals surface area contributed by atoms with Crippen molar-refractivity contribution < 1.29 is 36.3 Å². The molecule has 1 aromatic carbocycles. The Kier molecular flexibility index (Phi) is 12.0. The number of fused-ring (bicyclic) bond motifs is 1. The van der Waals surface area contributed by atoms with Crippen molar-refractivity contribution in [1.82, 2.24) is 14.3 Å². The van der Waals surface area contributed by atoms with Crippen LogP contribution >= 0.6 is 0 Å². The maximum Gasteiger partial charge on any atom is 0.497 e. The van der Waals surface area contributed by atoms with E-state index in [1.54, 1.807) is 18.3 Å². The monoisotopic (exact) mass is 696 g/mol. The third kappa shape index (κ3) is 9.34. The number of alkyl halides is 2. The van der Waals surface area contributed by atoms with E-state index in [4.69, 9.17) is 14.0 Å². The lowest BCUT2D eigenvalue weighted by Gasteiger charge is -2.32. The van der Waals surface area contributed by atoms with Crippen molar-refractivity contribution in [2.75, 3.05) is 18.5 Å². The molecular weight excluding hydrogens is 651 g/mol. The lowest BCUT2D eigenvalue weighted by Crippen LogP contribution is -2.41. The predicted octanol–water partition coefficient (Wildman–Crippen LogP) is 5.34. The average Bonchev–Trinajstić information content (AvgIpc) is 3.20. The first kappa shape index (κ1) is 37.8. The molecule has 1 aliphatic rings. The van der Waals surface area contributed by atoms with Crippen LogP contribution in [0.1, 0.15) is 47.0 Å². The number of halogens is 4. The van der Waals surface area contributed by atoms with Gasteiger partial charge in [0, 0.05) is 38.9 Å². The minimum atomic E-state index is -2.98. The van der Waals surface area contributed by atoms with Gasteiger partial charge in [-0.25, -0.2) is 9.07 Å². The first-order valence-corrected chi connectivity index (χ1v) is 19.8. The fraction of sp³-hybridized carbons (Fsp3) is 0.594. The van der Waals surface area contributed by atoms with E-state index in [9.17, 15) is 18.4 Å². The van der Waals surface area contributed by atoms with Crippen molar-refractivity contribution in [2.24, 2.45) is 0 Å². The minimum absolute atomic E-state index is 0.0617. The molecule has 1 saturated heterocycles. The van der Waals surface area contributed by atoms with E-state index in [0.717, 1.165) is 16.9 Å². The van der Waals surface area contributed by atoms with Gasteiger partial charge in [-0.15, -0.1) is 0 Å².